The molecule has 2 aromatic carbocycles. The van der Waals surface area contributed by atoms with Crippen molar-refractivity contribution in [2.24, 2.45) is 0 Å². The van der Waals surface area contributed by atoms with Crippen LogP contribution in [0.2, 0.25) is 10.0 Å². The van der Waals surface area contributed by atoms with Crippen molar-refractivity contribution in [3.8, 4) is 0 Å². The van der Waals surface area contributed by atoms with Crippen LogP contribution in [0.5, 0.6) is 0 Å². The zero-order valence-corrected chi connectivity index (χ0v) is 18.6. The van der Waals surface area contributed by atoms with Crippen molar-refractivity contribution < 1.29 is 4.79 Å². The summed E-state index contributed by atoms with van der Waals surface area (Å²) >= 11 is 12.3. The van der Waals surface area contributed by atoms with Gasteiger partial charge in [0.15, 0.2) is 0 Å². The van der Waals surface area contributed by atoms with Gasteiger partial charge in [0.05, 0.1) is 16.6 Å². The van der Waals surface area contributed by atoms with Crippen molar-refractivity contribution in [1.82, 2.24) is 19.8 Å². The number of carbonyl (C=O) groups is 1. The summed E-state index contributed by atoms with van der Waals surface area (Å²) in [6, 6.07) is 15.5. The Kier molecular flexibility index (Phi) is 5.34. The first-order valence-electron chi connectivity index (χ1n) is 10.3. The summed E-state index contributed by atoms with van der Waals surface area (Å²) in [4.78, 5) is 25.1. The molecule has 5 nitrogen and oxygen atoms in total. The quantitative estimate of drug-likeness (QED) is 0.459. The minimum absolute atomic E-state index is 0.143. The lowest BCUT2D eigenvalue weighted by Gasteiger charge is -2.39. The molecule has 7 heteroatoms. The number of halogens is 2. The number of hydrogen-bond acceptors (Lipinski definition) is 3. The van der Waals surface area contributed by atoms with Crippen LogP contribution in [-0.4, -0.2) is 44.8 Å². The monoisotopic (exact) mass is 452 g/mol. The number of hydrogen-bond donors (Lipinski definition) is 1. The number of pyridine rings is 1. The Balaban J connectivity index is 1.28. The number of H-pyrrole nitrogens is 1. The molecule has 5 rings (SSSR count). The second-order valence-electron chi connectivity index (χ2n) is 8.08. The normalized spacial score (nSPS) is 17.7. The summed E-state index contributed by atoms with van der Waals surface area (Å²) in [5.74, 6) is 0.143. The van der Waals surface area contributed by atoms with E-state index < -0.39 is 0 Å². The predicted molar refractivity (Wildman–Crippen MR) is 125 cm³/mol. The fourth-order valence-corrected chi connectivity index (χ4v) is 4.69. The van der Waals surface area contributed by atoms with E-state index in [0.717, 1.165) is 44.6 Å². The topological polar surface area (TPSA) is 52.2 Å². The van der Waals surface area contributed by atoms with Gasteiger partial charge in [-0.05, 0) is 48.9 Å². The fraction of sp³-hybridized carbons (Fsp3) is 0.250. The molecular weight excluding hydrogens is 431 g/mol. The Morgan fingerprint density at radius 1 is 1.06 bits per heavy atom. The van der Waals surface area contributed by atoms with Crippen molar-refractivity contribution in [3.05, 3.63) is 76.0 Å². The molecule has 0 bridgehead atoms. The summed E-state index contributed by atoms with van der Waals surface area (Å²) in [7, 11) is 0. The number of carbonyl (C=O) groups excluding carboxylic acids is 1. The number of piperazine rings is 1. The van der Waals surface area contributed by atoms with Gasteiger partial charge in [-0.1, -0.05) is 35.3 Å². The number of fused-ring (bicyclic) bond motifs is 2. The van der Waals surface area contributed by atoms with Gasteiger partial charge in [0, 0.05) is 59.4 Å². The molecule has 0 saturated carbocycles. The minimum atomic E-state index is -0.184. The molecule has 1 atom stereocenters. The molecule has 0 aliphatic carbocycles. The highest BCUT2D eigenvalue weighted by Gasteiger charge is 2.31. The Hall–Kier alpha value is -2.60. The lowest BCUT2D eigenvalue weighted by atomic mass is 10.1. The zero-order valence-electron chi connectivity index (χ0n) is 17.1. The third kappa shape index (κ3) is 4.01. The molecule has 0 radical (unpaired) electrons. The molecule has 0 spiro atoms. The molecule has 1 aliphatic heterocycles. The molecule has 1 aliphatic rings. The molecule has 1 N–H and O–H groups in total. The second kappa shape index (κ2) is 8.15. The van der Waals surface area contributed by atoms with E-state index in [9.17, 15) is 4.79 Å². The van der Waals surface area contributed by atoms with Gasteiger partial charge in [-0.2, -0.15) is 0 Å². The fourth-order valence-electron chi connectivity index (χ4n) is 4.29. The summed E-state index contributed by atoms with van der Waals surface area (Å²) < 4.78 is 0. The molecule has 3 heterocycles. The summed E-state index contributed by atoms with van der Waals surface area (Å²) in [6.07, 6.45) is 1.71. The van der Waals surface area contributed by atoms with Crippen LogP contribution in [0.4, 0.5) is 0 Å². The highest BCUT2D eigenvalue weighted by Crippen LogP contribution is 2.25. The Labute approximate surface area is 190 Å². The van der Waals surface area contributed by atoms with Gasteiger partial charge in [0.1, 0.15) is 0 Å². The average molecular weight is 453 g/mol. The molecule has 158 valence electrons. The van der Waals surface area contributed by atoms with E-state index in [-0.39, 0.29) is 11.9 Å². The van der Waals surface area contributed by atoms with Crippen LogP contribution >= 0.6 is 23.2 Å². The van der Waals surface area contributed by atoms with E-state index in [1.807, 2.05) is 48.2 Å². The van der Waals surface area contributed by atoms with Crippen molar-refractivity contribution >= 4 is 50.9 Å². The number of aromatic nitrogens is 2. The molecule has 31 heavy (non-hydrogen) atoms. The van der Waals surface area contributed by atoms with Gasteiger partial charge < -0.3 is 9.88 Å². The van der Waals surface area contributed by atoms with E-state index in [0.29, 0.717) is 24.7 Å². The number of amides is 1. The van der Waals surface area contributed by atoms with E-state index in [2.05, 4.69) is 20.9 Å². The summed E-state index contributed by atoms with van der Waals surface area (Å²) in [6.45, 7) is 4.77. The largest absolute Gasteiger partial charge is 0.357 e. The van der Waals surface area contributed by atoms with Crippen molar-refractivity contribution in [2.75, 3.05) is 13.1 Å². The molecule has 1 amide bonds. The van der Waals surface area contributed by atoms with Gasteiger partial charge in [-0.3, -0.25) is 14.7 Å². The molecule has 2 aromatic heterocycles. The highest BCUT2D eigenvalue weighted by molar-refractivity contribution is 6.35. The predicted octanol–water partition coefficient (Wildman–Crippen LogP) is 5.26. The van der Waals surface area contributed by atoms with Crippen molar-refractivity contribution in [3.63, 3.8) is 0 Å². The second-order valence-corrected chi connectivity index (χ2v) is 8.92. The number of rotatable bonds is 4. The van der Waals surface area contributed by atoms with Crippen LogP contribution in [0, 0.1) is 0 Å². The van der Waals surface area contributed by atoms with E-state index in [1.165, 1.54) is 0 Å². The minimum Gasteiger partial charge on any atom is -0.357 e. The van der Waals surface area contributed by atoms with Crippen LogP contribution in [0.15, 0.2) is 54.7 Å². The molecule has 0 unspecified atom stereocenters. The maximum absolute atomic E-state index is 13.1. The maximum atomic E-state index is 13.1. The molecular formula is C24H22Cl2N4O. The molecule has 1 fully saturated rings. The van der Waals surface area contributed by atoms with Crippen molar-refractivity contribution in [1.29, 1.82) is 0 Å². The van der Waals surface area contributed by atoms with Crippen LogP contribution in [0.25, 0.3) is 21.8 Å². The van der Waals surface area contributed by atoms with E-state index >= 15 is 0 Å². The number of nitrogens with one attached hydrogen (secondary N) is 1. The third-order valence-corrected chi connectivity index (χ3v) is 6.58. The van der Waals surface area contributed by atoms with Gasteiger partial charge >= 0.3 is 0 Å². The van der Waals surface area contributed by atoms with Gasteiger partial charge in [0.25, 0.3) is 0 Å². The first kappa shape index (κ1) is 20.3. The SMILES string of the molecule is C[C@H]1C(=O)N(Cc2ccc3c(Cl)ccnc3c2)CCN1Cc1cc2cc(Cl)ccc2[nH]1. The lowest BCUT2D eigenvalue weighted by Crippen LogP contribution is -2.54. The number of benzene rings is 2. The highest BCUT2D eigenvalue weighted by atomic mass is 35.5. The lowest BCUT2D eigenvalue weighted by molar-refractivity contribution is -0.142. The van der Waals surface area contributed by atoms with Gasteiger partial charge in [-0.15, -0.1) is 0 Å². The third-order valence-electron chi connectivity index (χ3n) is 6.01. The Morgan fingerprint density at radius 2 is 1.94 bits per heavy atom. The Bertz CT molecular complexity index is 1290. The van der Waals surface area contributed by atoms with Crippen LogP contribution in [-0.2, 0) is 17.9 Å². The van der Waals surface area contributed by atoms with Crippen LogP contribution in [0.1, 0.15) is 18.2 Å². The first-order valence-corrected chi connectivity index (χ1v) is 11.1. The van der Waals surface area contributed by atoms with Crippen molar-refractivity contribution in [2.45, 2.75) is 26.1 Å². The van der Waals surface area contributed by atoms with E-state index in [1.54, 1.807) is 12.3 Å². The zero-order chi connectivity index (χ0) is 21.5. The van der Waals surface area contributed by atoms with E-state index in [4.69, 9.17) is 23.2 Å². The standard InChI is InChI=1S/C24H22Cl2N4O/c1-15-24(31)30(13-16-2-4-20-21(26)6-7-27-23(20)10-16)9-8-29(15)14-19-12-17-11-18(25)3-5-22(17)28-19/h2-7,10-12,15,28H,8-9,13-14H2,1H3/t15-/m0/s1. The average Bonchev–Trinajstić information content (AvgIpc) is 3.15. The summed E-state index contributed by atoms with van der Waals surface area (Å²) in [5, 5.41) is 3.43. The molecule has 1 saturated heterocycles. The first-order chi connectivity index (χ1) is 15.0. The summed E-state index contributed by atoms with van der Waals surface area (Å²) in [5.41, 5.74) is 4.05. The van der Waals surface area contributed by atoms with Gasteiger partial charge in [-0.25, -0.2) is 0 Å². The maximum Gasteiger partial charge on any atom is 0.239 e. The number of aromatic amines is 1. The Morgan fingerprint density at radius 3 is 2.81 bits per heavy atom. The van der Waals surface area contributed by atoms with Crippen LogP contribution < -0.4 is 0 Å². The van der Waals surface area contributed by atoms with Gasteiger partial charge in [0.2, 0.25) is 5.91 Å². The smallest absolute Gasteiger partial charge is 0.239 e. The van der Waals surface area contributed by atoms with Crippen LogP contribution in [0.3, 0.4) is 0 Å². The molecule has 4 aromatic rings. The number of nitrogens with zero attached hydrogens (tertiary/aromatic N) is 3.